The van der Waals surface area contributed by atoms with Crippen LogP contribution in [0.2, 0.25) is 5.02 Å². The fraction of sp³-hybridized carbons (Fsp3) is 0.577. The number of aromatic nitrogens is 4. The van der Waals surface area contributed by atoms with Crippen LogP contribution in [0.25, 0.3) is 22.3 Å². The number of imidazole rings is 1. The summed E-state index contributed by atoms with van der Waals surface area (Å²) in [7, 11) is -0.931. The Bertz CT molecular complexity index is 1250. The molecule has 0 spiro atoms. The van der Waals surface area contributed by atoms with Gasteiger partial charge in [0.15, 0.2) is 5.82 Å². The number of anilines is 1. The zero-order valence-corrected chi connectivity index (χ0v) is 24.3. The Morgan fingerprint density at radius 2 is 1.89 bits per heavy atom. The molecular weight excluding hydrogens is 515 g/mol. The van der Waals surface area contributed by atoms with Gasteiger partial charge in [-0.1, -0.05) is 32.4 Å². The van der Waals surface area contributed by atoms with Crippen LogP contribution in [0.15, 0.2) is 18.3 Å². The first-order valence-corrected chi connectivity index (χ1v) is 14.5. The molecule has 3 aromatic rings. The second-order valence-electron chi connectivity index (χ2n) is 9.63. The summed E-state index contributed by atoms with van der Waals surface area (Å²) >= 11 is 6.45. The standard InChI is InChI=1S/C24H32ClFN6O2S.C2H6/c1-6-35(34)31-9-7-16(8-10-31)28-23-27-13-17(25)20(30-23)15-11-18(26)21-19(12-15)32(14(2)3)22(29-21)24(4,5)33;1-2/h11-14,16,33H,6-10H2,1-5H3,(H,27,28,30);1-2H3. The van der Waals surface area contributed by atoms with E-state index < -0.39 is 22.4 Å². The van der Waals surface area contributed by atoms with E-state index in [4.69, 9.17) is 11.6 Å². The number of halogens is 2. The van der Waals surface area contributed by atoms with Gasteiger partial charge in [-0.25, -0.2) is 27.9 Å². The maximum absolute atomic E-state index is 15.2. The Kier molecular flexibility index (Phi) is 9.66. The Balaban J connectivity index is 0.00000186. The Labute approximate surface area is 226 Å². The van der Waals surface area contributed by atoms with Crippen molar-refractivity contribution in [1.82, 2.24) is 23.8 Å². The lowest BCUT2D eigenvalue weighted by Crippen LogP contribution is -2.40. The van der Waals surface area contributed by atoms with Gasteiger partial charge in [-0.3, -0.25) is 0 Å². The maximum atomic E-state index is 15.2. The summed E-state index contributed by atoms with van der Waals surface area (Å²) in [6, 6.07) is 3.26. The molecule has 0 bridgehead atoms. The van der Waals surface area contributed by atoms with Gasteiger partial charge in [0.1, 0.15) is 16.9 Å². The number of aliphatic hydroxyl groups is 1. The van der Waals surface area contributed by atoms with Crippen LogP contribution in [0.1, 0.15) is 73.2 Å². The van der Waals surface area contributed by atoms with E-state index >= 15 is 4.39 Å². The molecule has 2 N–H and O–H groups in total. The average Bonchev–Trinajstić information content (AvgIpc) is 3.28. The number of benzene rings is 1. The van der Waals surface area contributed by atoms with Crippen molar-refractivity contribution in [2.45, 2.75) is 79.0 Å². The average molecular weight is 553 g/mol. The van der Waals surface area contributed by atoms with Crippen molar-refractivity contribution in [3.05, 3.63) is 35.0 Å². The van der Waals surface area contributed by atoms with Crippen LogP contribution in [-0.2, 0) is 16.6 Å². The lowest BCUT2D eigenvalue weighted by Gasteiger charge is -2.31. The van der Waals surface area contributed by atoms with E-state index in [0.29, 0.717) is 39.3 Å². The van der Waals surface area contributed by atoms with Crippen LogP contribution in [-0.4, -0.2) is 58.0 Å². The van der Waals surface area contributed by atoms with Crippen molar-refractivity contribution in [1.29, 1.82) is 0 Å². The van der Waals surface area contributed by atoms with Crippen LogP contribution in [0.3, 0.4) is 0 Å². The van der Waals surface area contributed by atoms with E-state index in [0.717, 1.165) is 25.9 Å². The molecule has 2 aromatic heterocycles. The highest BCUT2D eigenvalue weighted by molar-refractivity contribution is 7.82. The highest BCUT2D eigenvalue weighted by Crippen LogP contribution is 2.34. The lowest BCUT2D eigenvalue weighted by atomic mass is 10.1. The molecule has 0 aliphatic carbocycles. The fourth-order valence-corrected chi connectivity index (χ4v) is 5.64. The van der Waals surface area contributed by atoms with Gasteiger partial charge in [-0.2, -0.15) is 0 Å². The number of nitrogens with zero attached hydrogens (tertiary/aromatic N) is 5. The molecule has 1 fully saturated rings. The summed E-state index contributed by atoms with van der Waals surface area (Å²) in [5.74, 6) is 0.915. The number of fused-ring (bicyclic) bond motifs is 1. The van der Waals surface area contributed by atoms with Crippen LogP contribution in [0, 0.1) is 5.82 Å². The predicted molar refractivity (Wildman–Crippen MR) is 150 cm³/mol. The molecule has 0 amide bonds. The maximum Gasteiger partial charge on any atom is 0.223 e. The Morgan fingerprint density at radius 1 is 1.24 bits per heavy atom. The summed E-state index contributed by atoms with van der Waals surface area (Å²) in [4.78, 5) is 13.4. The van der Waals surface area contributed by atoms with Crippen molar-refractivity contribution >= 4 is 39.6 Å². The smallest absolute Gasteiger partial charge is 0.223 e. The SMILES string of the molecule is CC.CCS(=O)N1CCC(Nc2ncc(Cl)c(-c3cc(F)c4nc(C(C)(C)O)n(C(C)C)c4c3)n2)CC1. The molecule has 0 radical (unpaired) electrons. The molecule has 3 heterocycles. The molecule has 4 rings (SSSR count). The van der Waals surface area contributed by atoms with Gasteiger partial charge in [-0.05, 0) is 52.7 Å². The van der Waals surface area contributed by atoms with Gasteiger partial charge in [0, 0.05) is 36.5 Å². The second kappa shape index (κ2) is 12.1. The lowest BCUT2D eigenvalue weighted by molar-refractivity contribution is 0.0641. The van der Waals surface area contributed by atoms with E-state index in [-0.39, 0.29) is 17.6 Å². The highest BCUT2D eigenvalue weighted by Gasteiger charge is 2.28. The minimum absolute atomic E-state index is 0.0536. The molecule has 1 aromatic carbocycles. The van der Waals surface area contributed by atoms with Gasteiger partial charge in [-0.15, -0.1) is 0 Å². The molecule has 1 unspecified atom stereocenters. The van der Waals surface area contributed by atoms with Gasteiger partial charge in [0.2, 0.25) is 5.95 Å². The Hall–Kier alpha value is -2.14. The molecule has 11 heteroatoms. The van der Waals surface area contributed by atoms with Crippen molar-refractivity contribution < 1.29 is 13.7 Å². The summed E-state index contributed by atoms with van der Waals surface area (Å²) in [5.41, 5.74) is 0.434. The normalized spacial score (nSPS) is 16.1. The quantitative estimate of drug-likeness (QED) is 0.391. The van der Waals surface area contributed by atoms with Crippen LogP contribution >= 0.6 is 11.6 Å². The summed E-state index contributed by atoms with van der Waals surface area (Å²) < 4.78 is 31.1. The van der Waals surface area contributed by atoms with Gasteiger partial charge in [0.05, 0.1) is 33.4 Å². The molecule has 1 saturated heterocycles. The number of nitrogens with one attached hydrogen (secondary N) is 1. The zero-order chi connectivity index (χ0) is 27.5. The number of rotatable bonds is 7. The molecular formula is C26H38ClFN6O2S. The van der Waals surface area contributed by atoms with Gasteiger partial charge in [0.25, 0.3) is 0 Å². The van der Waals surface area contributed by atoms with E-state index in [1.807, 2.05) is 43.5 Å². The summed E-state index contributed by atoms with van der Waals surface area (Å²) in [5, 5.41) is 14.3. The first-order chi connectivity index (χ1) is 17.5. The van der Waals surface area contributed by atoms with Gasteiger partial charge < -0.3 is 15.0 Å². The van der Waals surface area contributed by atoms with E-state index in [9.17, 15) is 9.32 Å². The third kappa shape index (κ3) is 6.47. The number of hydrogen-bond acceptors (Lipinski definition) is 6. The van der Waals surface area contributed by atoms with Crippen molar-refractivity contribution in [2.75, 3.05) is 24.2 Å². The molecule has 8 nitrogen and oxygen atoms in total. The predicted octanol–water partition coefficient (Wildman–Crippen LogP) is 5.68. The highest BCUT2D eigenvalue weighted by atomic mass is 35.5. The number of piperidine rings is 1. The van der Waals surface area contributed by atoms with Gasteiger partial charge >= 0.3 is 0 Å². The topological polar surface area (TPSA) is 96.2 Å². The number of hydrogen-bond donors (Lipinski definition) is 2. The molecule has 1 aliphatic heterocycles. The second-order valence-corrected chi connectivity index (χ2v) is 11.8. The van der Waals surface area contributed by atoms with Crippen LogP contribution in [0.4, 0.5) is 10.3 Å². The van der Waals surface area contributed by atoms with Crippen molar-refractivity contribution in [2.24, 2.45) is 0 Å². The minimum Gasteiger partial charge on any atom is -0.383 e. The Morgan fingerprint density at radius 3 is 2.46 bits per heavy atom. The largest absolute Gasteiger partial charge is 0.383 e. The van der Waals surface area contributed by atoms with Crippen LogP contribution < -0.4 is 5.32 Å². The van der Waals surface area contributed by atoms with E-state index in [1.165, 1.54) is 12.3 Å². The molecule has 37 heavy (non-hydrogen) atoms. The summed E-state index contributed by atoms with van der Waals surface area (Å²) in [6.07, 6.45) is 3.15. The van der Waals surface area contributed by atoms with Crippen LogP contribution in [0.5, 0.6) is 0 Å². The van der Waals surface area contributed by atoms with Crippen molar-refractivity contribution in [3.8, 4) is 11.3 Å². The first-order valence-electron chi connectivity index (χ1n) is 12.9. The molecule has 1 atom stereocenters. The molecule has 204 valence electrons. The fourth-order valence-electron chi connectivity index (χ4n) is 4.45. The monoisotopic (exact) mass is 552 g/mol. The molecule has 1 aliphatic rings. The molecule has 0 saturated carbocycles. The first kappa shape index (κ1) is 29.4. The third-order valence-corrected chi connectivity index (χ3v) is 7.86. The third-order valence-electron chi connectivity index (χ3n) is 6.15. The summed E-state index contributed by atoms with van der Waals surface area (Å²) in [6.45, 7) is 14.6. The zero-order valence-electron chi connectivity index (χ0n) is 22.7. The van der Waals surface area contributed by atoms with E-state index in [2.05, 4.69) is 20.3 Å². The van der Waals surface area contributed by atoms with E-state index in [1.54, 1.807) is 19.9 Å². The van der Waals surface area contributed by atoms with Crippen molar-refractivity contribution in [3.63, 3.8) is 0 Å². The minimum atomic E-state index is -1.24.